The Morgan fingerprint density at radius 1 is 1.11 bits per heavy atom. The summed E-state index contributed by atoms with van der Waals surface area (Å²) in [5.74, 6) is 0.642. The Balaban J connectivity index is 1.08. The zero-order chi connectivity index (χ0) is 24.2. The molecule has 3 aromatic rings. The van der Waals surface area contributed by atoms with Gasteiger partial charge in [0.15, 0.2) is 0 Å². The van der Waals surface area contributed by atoms with Gasteiger partial charge in [-0.05, 0) is 73.7 Å². The van der Waals surface area contributed by atoms with Crippen molar-refractivity contribution in [3.63, 3.8) is 0 Å². The third kappa shape index (κ3) is 6.03. The van der Waals surface area contributed by atoms with Gasteiger partial charge < -0.3 is 20.9 Å². The highest BCUT2D eigenvalue weighted by Crippen LogP contribution is 2.25. The number of nitrogens with zero attached hydrogens (tertiary/aromatic N) is 2. The van der Waals surface area contributed by atoms with Gasteiger partial charge in [0, 0.05) is 54.1 Å². The van der Waals surface area contributed by atoms with E-state index in [1.165, 1.54) is 24.1 Å². The molecule has 0 aliphatic carbocycles. The van der Waals surface area contributed by atoms with E-state index < -0.39 is 0 Å². The molecule has 5 rings (SSSR count). The van der Waals surface area contributed by atoms with Gasteiger partial charge in [0.2, 0.25) is 0 Å². The van der Waals surface area contributed by atoms with Crippen LogP contribution in [0.4, 0.5) is 11.5 Å². The molecule has 2 aromatic carbocycles. The number of fused-ring (bicyclic) bond motifs is 2. The fraction of sp³-hybridized carbons (Fsp3) is 0.357. The lowest BCUT2D eigenvalue weighted by atomic mass is 10.1. The molecule has 2 saturated heterocycles. The molecule has 2 aliphatic rings. The molecule has 2 fully saturated rings. The minimum Gasteiger partial charge on any atom is -0.368 e. The van der Waals surface area contributed by atoms with Gasteiger partial charge in [-0.15, -0.1) is 0 Å². The summed E-state index contributed by atoms with van der Waals surface area (Å²) in [4.78, 5) is 19.5. The van der Waals surface area contributed by atoms with E-state index in [-0.39, 0.29) is 11.9 Å². The second-order valence-corrected chi connectivity index (χ2v) is 10.5. The molecule has 3 heterocycles. The number of pyridine rings is 1. The fourth-order valence-corrected chi connectivity index (χ4v) is 5.42. The van der Waals surface area contributed by atoms with Crippen molar-refractivity contribution in [1.29, 1.82) is 0 Å². The Hall–Kier alpha value is -2.90. The molecule has 2 aliphatic heterocycles. The third-order valence-electron chi connectivity index (χ3n) is 6.96. The smallest absolute Gasteiger partial charge is 0.252 e. The summed E-state index contributed by atoms with van der Waals surface area (Å²) in [5.41, 5.74) is 4.25. The number of carbonyl (C=O) groups is 1. The van der Waals surface area contributed by atoms with Crippen LogP contribution in [0.25, 0.3) is 0 Å². The van der Waals surface area contributed by atoms with E-state index in [0.29, 0.717) is 24.2 Å². The first-order valence-electron chi connectivity index (χ1n) is 12.4. The first-order chi connectivity index (χ1) is 17.0. The third-order valence-corrected chi connectivity index (χ3v) is 7.45. The van der Waals surface area contributed by atoms with E-state index >= 15 is 0 Å². The first kappa shape index (κ1) is 23.8. The van der Waals surface area contributed by atoms with Crippen molar-refractivity contribution in [2.75, 3.05) is 29.9 Å². The monoisotopic (exact) mass is 533 g/mol. The fourth-order valence-electron chi connectivity index (χ4n) is 5.00. The molecular weight excluding hydrogens is 502 g/mol. The predicted molar refractivity (Wildman–Crippen MR) is 145 cm³/mol. The SMILES string of the molecule is C[C@H](Nc1ccc(C(=O)NCCc2ccc(N3CC4CCC(C3)N4)cc2)cn1)c1cccc(Br)c1. The Morgan fingerprint density at radius 2 is 1.89 bits per heavy atom. The van der Waals surface area contributed by atoms with Gasteiger partial charge >= 0.3 is 0 Å². The van der Waals surface area contributed by atoms with E-state index in [1.807, 2.05) is 24.3 Å². The van der Waals surface area contributed by atoms with Gasteiger partial charge in [-0.1, -0.05) is 40.2 Å². The van der Waals surface area contributed by atoms with Crippen molar-refractivity contribution in [1.82, 2.24) is 15.6 Å². The second-order valence-electron chi connectivity index (χ2n) is 9.57. The lowest BCUT2D eigenvalue weighted by Crippen LogP contribution is -2.51. The zero-order valence-corrected chi connectivity index (χ0v) is 21.6. The van der Waals surface area contributed by atoms with Crippen LogP contribution in [0.2, 0.25) is 0 Å². The van der Waals surface area contributed by atoms with Crippen molar-refractivity contribution in [3.05, 3.63) is 88.0 Å². The summed E-state index contributed by atoms with van der Waals surface area (Å²) < 4.78 is 1.05. The standard InChI is InChI=1S/C28H32BrN5O/c1-19(21-3-2-4-23(29)15-21)32-27-12-7-22(16-31-27)28(35)30-14-13-20-5-10-26(11-6-20)34-17-24-8-9-25(18-34)33-24/h2-7,10-12,15-16,19,24-25,33H,8-9,13-14,17-18H2,1H3,(H,30,35)(H,31,32)/t19-,24?,25?/m0/s1. The number of hydrogen-bond acceptors (Lipinski definition) is 5. The highest BCUT2D eigenvalue weighted by molar-refractivity contribution is 9.10. The van der Waals surface area contributed by atoms with E-state index in [2.05, 4.69) is 85.1 Å². The molecule has 0 saturated carbocycles. The van der Waals surface area contributed by atoms with Crippen molar-refractivity contribution in [3.8, 4) is 0 Å². The van der Waals surface area contributed by atoms with E-state index in [9.17, 15) is 4.79 Å². The van der Waals surface area contributed by atoms with Gasteiger partial charge in [0.25, 0.3) is 5.91 Å². The number of rotatable bonds is 8. The molecule has 3 atom stereocenters. The van der Waals surface area contributed by atoms with Gasteiger partial charge in [-0.2, -0.15) is 0 Å². The van der Waals surface area contributed by atoms with Crippen molar-refractivity contribution in [2.45, 2.75) is 44.3 Å². The molecular formula is C28H32BrN5O. The first-order valence-corrected chi connectivity index (χ1v) is 13.2. The lowest BCUT2D eigenvalue weighted by Gasteiger charge is -2.34. The zero-order valence-electron chi connectivity index (χ0n) is 20.0. The Bertz CT molecular complexity index is 1140. The minimum atomic E-state index is -0.1000. The topological polar surface area (TPSA) is 69.3 Å². The maximum Gasteiger partial charge on any atom is 0.252 e. The minimum absolute atomic E-state index is 0.1000. The number of carbonyl (C=O) groups excluding carboxylic acids is 1. The summed E-state index contributed by atoms with van der Waals surface area (Å²) in [7, 11) is 0. The van der Waals surface area contributed by atoms with Crippen LogP contribution in [0.3, 0.4) is 0 Å². The number of nitrogens with one attached hydrogen (secondary N) is 3. The second kappa shape index (κ2) is 10.8. The van der Waals surface area contributed by atoms with Gasteiger partial charge in [-0.25, -0.2) is 4.98 Å². The Morgan fingerprint density at radius 3 is 2.57 bits per heavy atom. The quantitative estimate of drug-likeness (QED) is 0.383. The molecule has 1 aromatic heterocycles. The summed E-state index contributed by atoms with van der Waals surface area (Å²) in [5, 5.41) is 10.1. The largest absolute Gasteiger partial charge is 0.368 e. The number of amides is 1. The summed E-state index contributed by atoms with van der Waals surface area (Å²) >= 11 is 3.51. The van der Waals surface area contributed by atoms with Crippen LogP contribution in [0.5, 0.6) is 0 Å². The molecule has 0 spiro atoms. The predicted octanol–water partition coefficient (Wildman–Crippen LogP) is 4.93. The molecule has 6 nitrogen and oxygen atoms in total. The number of aromatic nitrogens is 1. The number of piperazine rings is 1. The average molecular weight is 535 g/mol. The molecule has 7 heteroatoms. The molecule has 35 heavy (non-hydrogen) atoms. The number of benzene rings is 2. The van der Waals surface area contributed by atoms with Crippen molar-refractivity contribution in [2.24, 2.45) is 0 Å². The molecule has 1 amide bonds. The summed E-state index contributed by atoms with van der Waals surface area (Å²) in [6.07, 6.45) is 5.01. The Labute approximate surface area is 215 Å². The molecule has 2 bridgehead atoms. The lowest BCUT2D eigenvalue weighted by molar-refractivity contribution is 0.0954. The maximum atomic E-state index is 12.6. The molecule has 3 N–H and O–H groups in total. The normalized spacial score (nSPS) is 19.9. The van der Waals surface area contributed by atoms with Crippen LogP contribution in [-0.4, -0.2) is 42.6 Å². The molecule has 2 unspecified atom stereocenters. The van der Waals surface area contributed by atoms with Crippen LogP contribution < -0.4 is 20.9 Å². The van der Waals surface area contributed by atoms with Crippen molar-refractivity contribution >= 4 is 33.3 Å². The summed E-state index contributed by atoms with van der Waals surface area (Å²) in [6, 6.07) is 22.0. The molecule has 0 radical (unpaired) electrons. The van der Waals surface area contributed by atoms with Crippen LogP contribution in [0.15, 0.2) is 71.3 Å². The van der Waals surface area contributed by atoms with Crippen LogP contribution in [0, 0.1) is 0 Å². The summed E-state index contributed by atoms with van der Waals surface area (Å²) in [6.45, 7) is 4.87. The Kier molecular flexibility index (Phi) is 7.35. The van der Waals surface area contributed by atoms with E-state index in [1.54, 1.807) is 6.20 Å². The number of hydrogen-bond donors (Lipinski definition) is 3. The number of anilines is 2. The van der Waals surface area contributed by atoms with E-state index in [4.69, 9.17) is 0 Å². The van der Waals surface area contributed by atoms with Gasteiger partial charge in [0.05, 0.1) is 5.56 Å². The number of halogens is 1. The van der Waals surface area contributed by atoms with Crippen LogP contribution in [-0.2, 0) is 6.42 Å². The highest BCUT2D eigenvalue weighted by Gasteiger charge is 2.32. The van der Waals surface area contributed by atoms with E-state index in [0.717, 1.165) is 35.4 Å². The average Bonchev–Trinajstić information content (AvgIpc) is 3.22. The van der Waals surface area contributed by atoms with Gasteiger partial charge in [0.1, 0.15) is 5.82 Å². The molecule has 182 valence electrons. The highest BCUT2D eigenvalue weighted by atomic mass is 79.9. The maximum absolute atomic E-state index is 12.6. The van der Waals surface area contributed by atoms with Crippen molar-refractivity contribution < 1.29 is 4.79 Å². The van der Waals surface area contributed by atoms with Gasteiger partial charge in [-0.3, -0.25) is 4.79 Å². The van der Waals surface area contributed by atoms with Crippen LogP contribution in [0.1, 0.15) is 47.3 Å². The van der Waals surface area contributed by atoms with Crippen LogP contribution >= 0.6 is 15.9 Å².